The highest BCUT2D eigenvalue weighted by molar-refractivity contribution is 6.32. The summed E-state index contributed by atoms with van der Waals surface area (Å²) >= 11 is 12.5. The molecule has 0 atom stereocenters. The minimum atomic E-state index is -0.330. The molecular formula is C29H28Cl2N4O2. The monoisotopic (exact) mass is 534 g/mol. The highest BCUT2D eigenvalue weighted by atomic mass is 35.5. The second-order valence-corrected chi connectivity index (χ2v) is 9.85. The van der Waals surface area contributed by atoms with Gasteiger partial charge in [-0.15, -0.1) is 0 Å². The van der Waals surface area contributed by atoms with E-state index in [9.17, 15) is 4.79 Å². The minimum Gasteiger partial charge on any atom is -0.489 e. The fourth-order valence-electron chi connectivity index (χ4n) is 3.79. The average molecular weight is 535 g/mol. The molecule has 190 valence electrons. The van der Waals surface area contributed by atoms with E-state index in [0.29, 0.717) is 39.5 Å². The van der Waals surface area contributed by atoms with Crippen LogP contribution < -0.4 is 10.2 Å². The number of aromatic nitrogens is 2. The Labute approximate surface area is 226 Å². The van der Waals surface area contributed by atoms with Crippen LogP contribution >= 0.6 is 23.2 Å². The molecule has 0 spiro atoms. The van der Waals surface area contributed by atoms with Crippen LogP contribution in [0.15, 0.2) is 71.8 Å². The fourth-order valence-corrected chi connectivity index (χ4v) is 4.24. The molecule has 0 aliphatic heterocycles. The first-order valence-electron chi connectivity index (χ1n) is 11.9. The molecule has 1 amide bonds. The van der Waals surface area contributed by atoms with Crippen LogP contribution in [0.3, 0.4) is 0 Å². The lowest BCUT2D eigenvalue weighted by atomic mass is 10.0. The summed E-state index contributed by atoms with van der Waals surface area (Å²) < 4.78 is 7.69. The molecule has 0 aliphatic rings. The largest absolute Gasteiger partial charge is 0.489 e. The van der Waals surface area contributed by atoms with Crippen molar-refractivity contribution in [2.75, 3.05) is 0 Å². The molecule has 0 saturated carbocycles. The van der Waals surface area contributed by atoms with Gasteiger partial charge in [-0.1, -0.05) is 61.3 Å². The van der Waals surface area contributed by atoms with Crippen molar-refractivity contribution < 1.29 is 9.53 Å². The predicted octanol–water partition coefficient (Wildman–Crippen LogP) is 7.26. The van der Waals surface area contributed by atoms with Crippen molar-refractivity contribution >= 4 is 35.3 Å². The smallest absolute Gasteiger partial charge is 0.271 e. The Balaban J connectivity index is 1.38. The van der Waals surface area contributed by atoms with Crippen LogP contribution in [-0.2, 0) is 6.61 Å². The maximum Gasteiger partial charge on any atom is 0.271 e. The molecule has 0 unspecified atom stereocenters. The number of aryl methyl sites for hydroxylation is 2. The van der Waals surface area contributed by atoms with Crippen molar-refractivity contribution in [3.63, 3.8) is 0 Å². The molecular weight excluding hydrogens is 507 g/mol. The van der Waals surface area contributed by atoms with Crippen LogP contribution in [0, 0.1) is 13.8 Å². The number of ether oxygens (including phenoxy) is 1. The van der Waals surface area contributed by atoms with Crippen molar-refractivity contribution in [2.45, 2.75) is 40.2 Å². The Morgan fingerprint density at radius 3 is 2.43 bits per heavy atom. The molecule has 0 aliphatic carbocycles. The third-order valence-corrected chi connectivity index (χ3v) is 6.50. The molecule has 3 aromatic carbocycles. The SMILES string of the molecule is Cc1ccc(C(C)C)c(OCc2ccc(C(=O)N/N=C/c3c(C)nn(-c4ccc(Cl)cc4)c3Cl)cc2)c1. The highest BCUT2D eigenvalue weighted by Crippen LogP contribution is 2.28. The molecule has 1 heterocycles. The van der Waals surface area contributed by atoms with E-state index in [4.69, 9.17) is 27.9 Å². The molecule has 8 heteroatoms. The summed E-state index contributed by atoms with van der Waals surface area (Å²) in [4.78, 5) is 12.6. The van der Waals surface area contributed by atoms with E-state index in [2.05, 4.69) is 47.7 Å². The molecule has 37 heavy (non-hydrogen) atoms. The Kier molecular flexibility index (Phi) is 8.31. The fraction of sp³-hybridized carbons (Fsp3) is 0.207. The van der Waals surface area contributed by atoms with E-state index < -0.39 is 0 Å². The van der Waals surface area contributed by atoms with E-state index in [1.807, 2.05) is 38.1 Å². The van der Waals surface area contributed by atoms with Gasteiger partial charge in [0.2, 0.25) is 0 Å². The normalized spacial score (nSPS) is 11.3. The van der Waals surface area contributed by atoms with Crippen molar-refractivity contribution in [3.8, 4) is 11.4 Å². The quantitative estimate of drug-likeness (QED) is 0.191. The summed E-state index contributed by atoms with van der Waals surface area (Å²) in [6, 6.07) is 20.7. The molecule has 4 rings (SSSR count). The molecule has 4 aromatic rings. The summed E-state index contributed by atoms with van der Waals surface area (Å²) in [6.45, 7) is 8.58. The number of benzene rings is 3. The molecule has 0 fully saturated rings. The van der Waals surface area contributed by atoms with Gasteiger partial charge in [-0.05, 0) is 78.9 Å². The minimum absolute atomic E-state index is 0.330. The molecule has 0 radical (unpaired) electrons. The van der Waals surface area contributed by atoms with Gasteiger partial charge in [0.05, 0.1) is 23.2 Å². The first-order chi connectivity index (χ1) is 17.7. The van der Waals surface area contributed by atoms with Crippen molar-refractivity contribution in [1.29, 1.82) is 0 Å². The standard InChI is InChI=1S/C29H28Cl2N4O2/c1-18(2)25-14-5-19(3)15-27(25)37-17-21-6-8-22(9-7-21)29(36)33-32-16-26-20(4)34-35(28(26)31)24-12-10-23(30)11-13-24/h5-16,18H,17H2,1-4H3,(H,33,36)/b32-16+. The van der Waals surface area contributed by atoms with Gasteiger partial charge in [0.1, 0.15) is 17.5 Å². The number of hydrogen-bond donors (Lipinski definition) is 1. The van der Waals surface area contributed by atoms with E-state index >= 15 is 0 Å². The lowest BCUT2D eigenvalue weighted by molar-refractivity contribution is 0.0955. The van der Waals surface area contributed by atoms with Crippen LogP contribution in [0.5, 0.6) is 5.75 Å². The van der Waals surface area contributed by atoms with Gasteiger partial charge < -0.3 is 4.74 Å². The first kappa shape index (κ1) is 26.5. The maximum absolute atomic E-state index is 12.6. The second kappa shape index (κ2) is 11.6. The van der Waals surface area contributed by atoms with Crippen molar-refractivity contribution in [1.82, 2.24) is 15.2 Å². The molecule has 6 nitrogen and oxygen atoms in total. The number of hydrazone groups is 1. The highest BCUT2D eigenvalue weighted by Gasteiger charge is 2.14. The van der Waals surface area contributed by atoms with Gasteiger partial charge in [-0.2, -0.15) is 10.2 Å². The maximum atomic E-state index is 12.6. The summed E-state index contributed by atoms with van der Waals surface area (Å²) in [5.41, 5.74) is 8.39. The number of amides is 1. The van der Waals surface area contributed by atoms with Gasteiger partial charge >= 0.3 is 0 Å². The summed E-state index contributed by atoms with van der Waals surface area (Å²) in [5.74, 6) is 0.926. The Morgan fingerprint density at radius 2 is 1.76 bits per heavy atom. The lowest BCUT2D eigenvalue weighted by Gasteiger charge is -2.15. The summed E-state index contributed by atoms with van der Waals surface area (Å²) in [6.07, 6.45) is 1.49. The van der Waals surface area contributed by atoms with Crippen LogP contribution in [0.25, 0.3) is 5.69 Å². The van der Waals surface area contributed by atoms with Crippen LogP contribution in [0.2, 0.25) is 10.2 Å². The van der Waals surface area contributed by atoms with Gasteiger partial charge in [0.25, 0.3) is 5.91 Å². The van der Waals surface area contributed by atoms with Crippen molar-refractivity contribution in [2.24, 2.45) is 5.10 Å². The zero-order chi connectivity index (χ0) is 26.5. The first-order valence-corrected chi connectivity index (χ1v) is 12.6. The average Bonchev–Trinajstić information content (AvgIpc) is 3.16. The number of nitrogens with zero attached hydrogens (tertiary/aromatic N) is 3. The third kappa shape index (κ3) is 6.40. The number of carbonyl (C=O) groups excluding carboxylic acids is 1. The Bertz CT molecular complexity index is 1430. The summed E-state index contributed by atoms with van der Waals surface area (Å²) in [5, 5.41) is 9.56. The molecule has 1 aromatic heterocycles. The third-order valence-electron chi connectivity index (χ3n) is 5.88. The van der Waals surface area contributed by atoms with Gasteiger partial charge in [0, 0.05) is 10.6 Å². The van der Waals surface area contributed by atoms with E-state index in [0.717, 1.165) is 22.6 Å². The van der Waals surface area contributed by atoms with E-state index in [1.165, 1.54) is 11.8 Å². The molecule has 0 bridgehead atoms. The van der Waals surface area contributed by atoms with E-state index in [-0.39, 0.29) is 5.91 Å². The number of nitrogens with one attached hydrogen (secondary N) is 1. The molecule has 1 N–H and O–H groups in total. The number of rotatable bonds is 8. The predicted molar refractivity (Wildman–Crippen MR) is 149 cm³/mol. The van der Waals surface area contributed by atoms with Gasteiger partial charge in [-0.3, -0.25) is 4.79 Å². The van der Waals surface area contributed by atoms with Gasteiger partial charge in [-0.25, -0.2) is 10.1 Å². The number of hydrogen-bond acceptors (Lipinski definition) is 4. The lowest BCUT2D eigenvalue weighted by Crippen LogP contribution is -2.17. The zero-order valence-electron chi connectivity index (χ0n) is 21.1. The van der Waals surface area contributed by atoms with Gasteiger partial charge in [0.15, 0.2) is 0 Å². The topological polar surface area (TPSA) is 68.5 Å². The number of carbonyl (C=O) groups is 1. The Morgan fingerprint density at radius 1 is 1.05 bits per heavy atom. The van der Waals surface area contributed by atoms with Crippen LogP contribution in [-0.4, -0.2) is 21.9 Å². The Hall–Kier alpha value is -3.61. The number of halogens is 2. The summed E-state index contributed by atoms with van der Waals surface area (Å²) in [7, 11) is 0. The van der Waals surface area contributed by atoms with Crippen LogP contribution in [0.1, 0.15) is 58.1 Å². The zero-order valence-corrected chi connectivity index (χ0v) is 22.6. The molecule has 0 saturated heterocycles. The van der Waals surface area contributed by atoms with Crippen LogP contribution in [0.4, 0.5) is 0 Å². The van der Waals surface area contributed by atoms with Crippen molar-refractivity contribution in [3.05, 3.63) is 110 Å². The second-order valence-electron chi connectivity index (χ2n) is 9.06. The van der Waals surface area contributed by atoms with E-state index in [1.54, 1.807) is 28.9 Å².